The molecule has 3 aromatic rings. The molecule has 2 saturated heterocycles. The van der Waals surface area contributed by atoms with Gasteiger partial charge in [-0.1, -0.05) is 60.7 Å². The second-order valence-electron chi connectivity index (χ2n) is 9.16. The van der Waals surface area contributed by atoms with Gasteiger partial charge in [-0.25, -0.2) is 4.79 Å². The molecule has 0 saturated carbocycles. The average molecular weight is 456 g/mol. The highest BCUT2D eigenvalue weighted by Crippen LogP contribution is 2.40. The average Bonchev–Trinajstić information content (AvgIpc) is 3.16. The van der Waals surface area contributed by atoms with Crippen LogP contribution in [0.3, 0.4) is 0 Å². The van der Waals surface area contributed by atoms with Crippen molar-refractivity contribution >= 4 is 11.9 Å². The Hall–Kier alpha value is -3.60. The van der Waals surface area contributed by atoms with Gasteiger partial charge in [-0.05, 0) is 61.1 Å². The van der Waals surface area contributed by atoms with Gasteiger partial charge in [-0.3, -0.25) is 4.79 Å². The molecule has 0 radical (unpaired) electrons. The van der Waals surface area contributed by atoms with E-state index < -0.39 is 0 Å². The summed E-state index contributed by atoms with van der Waals surface area (Å²) in [7, 11) is 0. The number of ether oxygens (including phenoxy) is 2. The summed E-state index contributed by atoms with van der Waals surface area (Å²) in [6.45, 7) is 0.771. The van der Waals surface area contributed by atoms with E-state index in [0.29, 0.717) is 25.0 Å². The maximum atomic E-state index is 13.2. The summed E-state index contributed by atoms with van der Waals surface area (Å²) in [6.07, 6.45) is 2.99. The van der Waals surface area contributed by atoms with Crippen molar-refractivity contribution in [3.05, 3.63) is 102 Å². The Balaban J connectivity index is 1.16. The fourth-order valence-corrected chi connectivity index (χ4v) is 5.18. The third kappa shape index (κ3) is 4.98. The van der Waals surface area contributed by atoms with Crippen molar-refractivity contribution in [2.45, 2.75) is 51.0 Å². The highest BCUT2D eigenvalue weighted by Gasteiger charge is 2.45. The van der Waals surface area contributed by atoms with E-state index in [2.05, 4.69) is 0 Å². The second kappa shape index (κ2) is 10.1. The highest BCUT2D eigenvalue weighted by atomic mass is 16.6. The fraction of sp³-hybridized carbons (Fsp3) is 0.310. The maximum Gasteiger partial charge on any atom is 0.410 e. The minimum Gasteiger partial charge on any atom is -0.489 e. The maximum absolute atomic E-state index is 13.2. The molecule has 2 unspecified atom stereocenters. The van der Waals surface area contributed by atoms with Crippen LogP contribution in [-0.4, -0.2) is 28.9 Å². The zero-order valence-corrected chi connectivity index (χ0v) is 19.1. The first-order valence-electron chi connectivity index (χ1n) is 12.0. The Labute approximate surface area is 200 Å². The first-order valence-corrected chi connectivity index (χ1v) is 12.0. The van der Waals surface area contributed by atoms with Crippen LogP contribution in [0.2, 0.25) is 0 Å². The Morgan fingerprint density at radius 3 is 1.88 bits per heavy atom. The molecule has 2 bridgehead atoms. The van der Waals surface area contributed by atoms with Crippen LogP contribution < -0.4 is 4.74 Å². The fourth-order valence-electron chi connectivity index (χ4n) is 5.18. The van der Waals surface area contributed by atoms with E-state index in [9.17, 15) is 9.59 Å². The quantitative estimate of drug-likeness (QED) is 0.408. The molecule has 1 amide bonds. The number of amides is 1. The molecule has 2 aliphatic heterocycles. The van der Waals surface area contributed by atoms with E-state index in [0.717, 1.165) is 29.7 Å². The molecule has 5 heteroatoms. The van der Waals surface area contributed by atoms with Crippen LogP contribution in [0.4, 0.5) is 4.79 Å². The first kappa shape index (κ1) is 22.2. The molecule has 2 atom stereocenters. The van der Waals surface area contributed by atoms with E-state index in [1.807, 2.05) is 89.8 Å². The van der Waals surface area contributed by atoms with E-state index >= 15 is 0 Å². The number of ketones is 1. The Morgan fingerprint density at radius 1 is 0.735 bits per heavy atom. The molecule has 174 valence electrons. The molecule has 2 heterocycles. The molecule has 3 aromatic carbocycles. The van der Waals surface area contributed by atoms with Gasteiger partial charge in [0, 0.05) is 23.6 Å². The predicted molar refractivity (Wildman–Crippen MR) is 130 cm³/mol. The summed E-state index contributed by atoms with van der Waals surface area (Å²) in [6, 6.07) is 27.3. The molecular weight excluding hydrogens is 426 g/mol. The summed E-state index contributed by atoms with van der Waals surface area (Å²) in [4.78, 5) is 27.9. The molecule has 0 aliphatic carbocycles. The van der Waals surface area contributed by atoms with Crippen molar-refractivity contribution < 1.29 is 19.1 Å². The molecule has 2 aliphatic rings. The minimum atomic E-state index is -0.262. The molecule has 0 N–H and O–H groups in total. The normalized spacial score (nSPS) is 21.2. The van der Waals surface area contributed by atoms with Crippen LogP contribution in [0.5, 0.6) is 5.75 Å². The lowest BCUT2D eigenvalue weighted by atomic mass is 9.85. The molecule has 0 aromatic heterocycles. The van der Waals surface area contributed by atoms with E-state index in [4.69, 9.17) is 9.47 Å². The van der Waals surface area contributed by atoms with Gasteiger partial charge in [0.2, 0.25) is 0 Å². The van der Waals surface area contributed by atoms with Crippen molar-refractivity contribution in [2.75, 3.05) is 0 Å². The largest absolute Gasteiger partial charge is 0.489 e. The Morgan fingerprint density at radius 2 is 1.29 bits per heavy atom. The van der Waals surface area contributed by atoms with Gasteiger partial charge < -0.3 is 14.4 Å². The Bertz CT molecular complexity index is 1100. The molecule has 2 fully saturated rings. The first-order chi connectivity index (χ1) is 16.7. The number of fused-ring (bicyclic) bond motifs is 2. The second-order valence-corrected chi connectivity index (χ2v) is 9.16. The SMILES string of the molecule is O=C(c1ccc(OCc2ccccc2)cc1)C1CC2CCC(C1)N2C(=O)OCc1ccccc1. The summed E-state index contributed by atoms with van der Waals surface area (Å²) in [5.74, 6) is 0.840. The van der Waals surface area contributed by atoms with Gasteiger partial charge in [0.1, 0.15) is 19.0 Å². The zero-order valence-electron chi connectivity index (χ0n) is 19.1. The lowest BCUT2D eigenvalue weighted by Gasteiger charge is -2.37. The summed E-state index contributed by atoms with van der Waals surface area (Å²) >= 11 is 0. The number of rotatable bonds is 7. The molecule has 34 heavy (non-hydrogen) atoms. The molecular formula is C29H29NO4. The van der Waals surface area contributed by atoms with Gasteiger partial charge in [-0.2, -0.15) is 0 Å². The predicted octanol–water partition coefficient (Wildman–Crippen LogP) is 6.03. The van der Waals surface area contributed by atoms with Gasteiger partial charge in [0.15, 0.2) is 5.78 Å². The Kier molecular flexibility index (Phi) is 6.61. The standard InChI is InChI=1S/C29H29NO4/c31-28(23-11-15-27(16-12-23)33-19-21-7-3-1-4-8-21)24-17-25-13-14-26(18-24)30(25)29(32)34-20-22-9-5-2-6-10-22/h1-12,15-16,24-26H,13-14,17-20H2. The van der Waals surface area contributed by atoms with Crippen molar-refractivity contribution in [1.29, 1.82) is 0 Å². The van der Waals surface area contributed by atoms with E-state index in [1.165, 1.54) is 0 Å². The van der Waals surface area contributed by atoms with Gasteiger partial charge in [0.25, 0.3) is 0 Å². The summed E-state index contributed by atoms with van der Waals surface area (Å²) < 4.78 is 11.4. The number of benzene rings is 3. The number of carbonyl (C=O) groups excluding carboxylic acids is 2. The van der Waals surface area contributed by atoms with Crippen LogP contribution in [0.15, 0.2) is 84.9 Å². The topological polar surface area (TPSA) is 55.8 Å². The number of hydrogen-bond acceptors (Lipinski definition) is 4. The van der Waals surface area contributed by atoms with Crippen LogP contribution in [0.1, 0.15) is 47.2 Å². The molecule has 5 nitrogen and oxygen atoms in total. The third-order valence-electron chi connectivity index (χ3n) is 6.91. The lowest BCUT2D eigenvalue weighted by molar-refractivity contribution is 0.0485. The van der Waals surface area contributed by atoms with Crippen molar-refractivity contribution in [2.24, 2.45) is 5.92 Å². The smallest absolute Gasteiger partial charge is 0.410 e. The molecule has 5 rings (SSSR count). The van der Waals surface area contributed by atoms with Crippen LogP contribution in [0.25, 0.3) is 0 Å². The number of Topliss-reactive ketones (excluding diaryl/α,β-unsaturated/α-hetero) is 1. The van der Waals surface area contributed by atoms with Gasteiger partial charge >= 0.3 is 6.09 Å². The van der Waals surface area contributed by atoms with Gasteiger partial charge in [-0.15, -0.1) is 0 Å². The monoisotopic (exact) mass is 455 g/mol. The van der Waals surface area contributed by atoms with Crippen molar-refractivity contribution in [1.82, 2.24) is 4.90 Å². The third-order valence-corrected chi connectivity index (χ3v) is 6.91. The molecule has 0 spiro atoms. The van der Waals surface area contributed by atoms with E-state index in [1.54, 1.807) is 0 Å². The number of nitrogens with zero attached hydrogens (tertiary/aromatic N) is 1. The minimum absolute atomic E-state index is 0.0632. The van der Waals surface area contributed by atoms with Crippen molar-refractivity contribution in [3.63, 3.8) is 0 Å². The number of carbonyl (C=O) groups is 2. The van der Waals surface area contributed by atoms with Crippen LogP contribution in [0, 0.1) is 5.92 Å². The van der Waals surface area contributed by atoms with E-state index in [-0.39, 0.29) is 36.5 Å². The summed E-state index contributed by atoms with van der Waals surface area (Å²) in [5, 5.41) is 0. The zero-order chi connectivity index (χ0) is 23.3. The van der Waals surface area contributed by atoms with Crippen LogP contribution >= 0.6 is 0 Å². The lowest BCUT2D eigenvalue weighted by Crippen LogP contribution is -2.48. The van der Waals surface area contributed by atoms with Crippen LogP contribution in [-0.2, 0) is 18.0 Å². The van der Waals surface area contributed by atoms with Gasteiger partial charge in [0.05, 0.1) is 0 Å². The highest BCUT2D eigenvalue weighted by molar-refractivity contribution is 5.98. The number of piperidine rings is 1. The summed E-state index contributed by atoms with van der Waals surface area (Å²) in [5.41, 5.74) is 2.79. The number of hydrogen-bond donors (Lipinski definition) is 0. The van der Waals surface area contributed by atoms with Crippen molar-refractivity contribution in [3.8, 4) is 5.75 Å².